The molecule has 1 unspecified atom stereocenters. The smallest absolute Gasteiger partial charge is 0.262 e. The molecule has 0 saturated carbocycles. The summed E-state index contributed by atoms with van der Waals surface area (Å²) in [5, 5.41) is 8.83. The van der Waals surface area contributed by atoms with Gasteiger partial charge in [0.1, 0.15) is 17.9 Å². The summed E-state index contributed by atoms with van der Waals surface area (Å²) in [5.74, 6) is -1.20. The van der Waals surface area contributed by atoms with E-state index in [2.05, 4.69) is 16.0 Å². The number of anilines is 1. The highest BCUT2D eigenvalue weighted by atomic mass is 16.5. The van der Waals surface area contributed by atoms with Gasteiger partial charge >= 0.3 is 0 Å². The summed E-state index contributed by atoms with van der Waals surface area (Å²) >= 11 is 0. The monoisotopic (exact) mass is 462 g/mol. The molecule has 1 atom stereocenters. The highest BCUT2D eigenvalue weighted by Crippen LogP contribution is 2.30. The average Bonchev–Trinajstić information content (AvgIpc) is 3.10. The van der Waals surface area contributed by atoms with Gasteiger partial charge in [-0.05, 0) is 68.2 Å². The molecular formula is C25H26N4O5. The number of benzene rings is 2. The number of piperidine rings is 2. The number of imide groups is 2. The zero-order valence-electron chi connectivity index (χ0n) is 18.6. The first kappa shape index (κ1) is 22.1. The maximum Gasteiger partial charge on any atom is 0.262 e. The average molecular weight is 463 g/mol. The molecule has 0 bridgehead atoms. The van der Waals surface area contributed by atoms with Gasteiger partial charge < -0.3 is 15.4 Å². The molecular weight excluding hydrogens is 436 g/mol. The van der Waals surface area contributed by atoms with Crippen LogP contribution in [0.4, 0.5) is 5.69 Å². The molecule has 2 saturated heterocycles. The number of hydrogen-bond donors (Lipinski definition) is 3. The predicted molar refractivity (Wildman–Crippen MR) is 123 cm³/mol. The Morgan fingerprint density at radius 3 is 2.44 bits per heavy atom. The molecule has 34 heavy (non-hydrogen) atoms. The van der Waals surface area contributed by atoms with Crippen LogP contribution in [0.15, 0.2) is 42.5 Å². The Hall–Kier alpha value is -3.72. The van der Waals surface area contributed by atoms with Crippen molar-refractivity contribution in [1.29, 1.82) is 0 Å². The minimum Gasteiger partial charge on any atom is -0.490 e. The molecule has 176 valence electrons. The molecule has 2 fully saturated rings. The molecule has 0 aromatic heterocycles. The van der Waals surface area contributed by atoms with Gasteiger partial charge in [-0.3, -0.25) is 29.4 Å². The van der Waals surface area contributed by atoms with Crippen LogP contribution in [-0.4, -0.2) is 53.8 Å². The van der Waals surface area contributed by atoms with Gasteiger partial charge in [-0.1, -0.05) is 12.1 Å². The lowest BCUT2D eigenvalue weighted by molar-refractivity contribution is -0.136. The van der Waals surface area contributed by atoms with Crippen molar-refractivity contribution < 1.29 is 23.9 Å². The quantitative estimate of drug-likeness (QED) is 0.561. The number of rotatable bonds is 6. The minimum absolute atomic E-state index is 0.0928. The number of carbonyl (C=O) groups is 4. The molecule has 2 aromatic rings. The number of hydrogen-bond acceptors (Lipinski definition) is 7. The topological polar surface area (TPSA) is 117 Å². The van der Waals surface area contributed by atoms with Crippen molar-refractivity contribution in [2.24, 2.45) is 0 Å². The molecule has 5 rings (SSSR count). The number of fused-ring (bicyclic) bond motifs is 1. The Labute approximate surface area is 196 Å². The Bertz CT molecular complexity index is 1140. The second-order valence-electron chi connectivity index (χ2n) is 8.73. The molecule has 0 aliphatic carbocycles. The van der Waals surface area contributed by atoms with E-state index in [1.807, 2.05) is 24.3 Å². The van der Waals surface area contributed by atoms with Crippen LogP contribution in [0.3, 0.4) is 0 Å². The van der Waals surface area contributed by atoms with E-state index in [1.54, 1.807) is 18.2 Å². The van der Waals surface area contributed by atoms with Gasteiger partial charge in [0.15, 0.2) is 0 Å². The van der Waals surface area contributed by atoms with E-state index in [0.29, 0.717) is 17.7 Å². The fraction of sp³-hybridized carbons (Fsp3) is 0.360. The second-order valence-corrected chi connectivity index (χ2v) is 8.73. The largest absolute Gasteiger partial charge is 0.490 e. The summed E-state index contributed by atoms with van der Waals surface area (Å²) in [6.45, 7) is 2.27. The van der Waals surface area contributed by atoms with Crippen molar-refractivity contribution in [3.8, 4) is 5.75 Å². The molecule has 9 nitrogen and oxygen atoms in total. The third kappa shape index (κ3) is 4.26. The minimum atomic E-state index is -0.974. The lowest BCUT2D eigenvalue weighted by atomic mass is 10.0. The number of nitrogens with one attached hydrogen (secondary N) is 3. The fourth-order valence-corrected chi connectivity index (χ4v) is 4.69. The highest BCUT2D eigenvalue weighted by molar-refractivity contribution is 6.24. The lowest BCUT2D eigenvalue weighted by Gasteiger charge is -2.27. The van der Waals surface area contributed by atoms with E-state index in [1.165, 1.54) is 0 Å². The first-order valence-electron chi connectivity index (χ1n) is 11.6. The van der Waals surface area contributed by atoms with Crippen LogP contribution < -0.4 is 20.7 Å². The van der Waals surface area contributed by atoms with Gasteiger partial charge in [-0.25, -0.2) is 0 Å². The van der Waals surface area contributed by atoms with Crippen molar-refractivity contribution in [3.63, 3.8) is 0 Å². The van der Waals surface area contributed by atoms with Crippen molar-refractivity contribution in [1.82, 2.24) is 15.5 Å². The van der Waals surface area contributed by atoms with E-state index in [9.17, 15) is 19.2 Å². The third-order valence-corrected chi connectivity index (χ3v) is 6.48. The van der Waals surface area contributed by atoms with Gasteiger partial charge in [-0.2, -0.15) is 0 Å². The van der Waals surface area contributed by atoms with Gasteiger partial charge in [0.25, 0.3) is 11.8 Å². The molecule has 3 aliphatic heterocycles. The maximum absolute atomic E-state index is 13.2. The van der Waals surface area contributed by atoms with E-state index in [-0.39, 0.29) is 24.5 Å². The van der Waals surface area contributed by atoms with Crippen LogP contribution in [0.25, 0.3) is 0 Å². The van der Waals surface area contributed by atoms with Crippen LogP contribution in [-0.2, 0) is 16.1 Å². The molecule has 3 N–H and O–H groups in total. The fourth-order valence-electron chi connectivity index (χ4n) is 4.69. The number of carbonyl (C=O) groups excluding carboxylic acids is 4. The SMILES string of the molecule is O=C1CCC(N2C(=O)c3cccc(CNc4ccc(OC5CCNCC5)cc4)c3C2=O)C(=O)N1. The molecule has 0 radical (unpaired) electrons. The Balaban J connectivity index is 1.27. The summed E-state index contributed by atoms with van der Waals surface area (Å²) in [7, 11) is 0. The molecule has 4 amide bonds. The van der Waals surface area contributed by atoms with Crippen LogP contribution in [0.2, 0.25) is 0 Å². The summed E-state index contributed by atoms with van der Waals surface area (Å²) in [6, 6.07) is 11.8. The van der Waals surface area contributed by atoms with Crippen molar-refractivity contribution in [3.05, 3.63) is 59.2 Å². The Kier molecular flexibility index (Phi) is 6.02. The van der Waals surface area contributed by atoms with Crippen LogP contribution in [0.5, 0.6) is 5.75 Å². The molecule has 0 spiro atoms. The van der Waals surface area contributed by atoms with Crippen LogP contribution in [0.1, 0.15) is 52.0 Å². The third-order valence-electron chi connectivity index (χ3n) is 6.48. The first-order valence-corrected chi connectivity index (χ1v) is 11.6. The molecule has 2 aromatic carbocycles. The molecule has 3 heterocycles. The summed E-state index contributed by atoms with van der Waals surface area (Å²) in [4.78, 5) is 50.9. The Morgan fingerprint density at radius 1 is 0.941 bits per heavy atom. The molecule has 9 heteroatoms. The van der Waals surface area contributed by atoms with Gasteiger partial charge in [-0.15, -0.1) is 0 Å². The second kappa shape index (κ2) is 9.26. The summed E-state index contributed by atoms with van der Waals surface area (Å²) in [6.07, 6.45) is 2.43. The normalized spacial score (nSPS) is 20.8. The number of ether oxygens (including phenoxy) is 1. The van der Waals surface area contributed by atoms with Crippen LogP contribution >= 0.6 is 0 Å². The predicted octanol–water partition coefficient (Wildman–Crippen LogP) is 1.83. The van der Waals surface area contributed by atoms with E-state index in [0.717, 1.165) is 42.3 Å². The lowest BCUT2D eigenvalue weighted by Crippen LogP contribution is -2.54. The highest BCUT2D eigenvalue weighted by Gasteiger charge is 2.45. The van der Waals surface area contributed by atoms with E-state index in [4.69, 9.17) is 4.74 Å². The van der Waals surface area contributed by atoms with Crippen molar-refractivity contribution >= 4 is 29.3 Å². The number of amides is 4. The zero-order chi connectivity index (χ0) is 23.7. The zero-order valence-corrected chi connectivity index (χ0v) is 18.6. The Morgan fingerprint density at radius 2 is 1.71 bits per heavy atom. The summed E-state index contributed by atoms with van der Waals surface area (Å²) in [5.41, 5.74) is 2.10. The van der Waals surface area contributed by atoms with Gasteiger partial charge in [0.05, 0.1) is 11.1 Å². The standard InChI is InChI=1S/C25H26N4O5/c30-21-9-8-20(23(31)28-21)29-24(32)19-3-1-2-15(22(19)25(29)33)14-27-16-4-6-17(7-5-16)34-18-10-12-26-13-11-18/h1-7,18,20,26-27H,8-14H2,(H,28,30,31). The van der Waals surface area contributed by atoms with E-state index >= 15 is 0 Å². The van der Waals surface area contributed by atoms with Gasteiger partial charge in [0.2, 0.25) is 11.8 Å². The van der Waals surface area contributed by atoms with Gasteiger partial charge in [0, 0.05) is 18.7 Å². The maximum atomic E-state index is 13.2. The van der Waals surface area contributed by atoms with E-state index < -0.39 is 29.7 Å². The summed E-state index contributed by atoms with van der Waals surface area (Å²) < 4.78 is 6.04. The first-order chi connectivity index (χ1) is 16.5. The van der Waals surface area contributed by atoms with Crippen molar-refractivity contribution in [2.45, 2.75) is 44.4 Å². The van der Waals surface area contributed by atoms with Crippen LogP contribution in [0, 0.1) is 0 Å². The molecule has 3 aliphatic rings. The van der Waals surface area contributed by atoms with Crippen molar-refractivity contribution in [2.75, 3.05) is 18.4 Å². The number of nitrogens with zero attached hydrogens (tertiary/aromatic N) is 1.